The van der Waals surface area contributed by atoms with Crippen LogP contribution in [0.15, 0.2) is 16.5 Å². The van der Waals surface area contributed by atoms with Crippen LogP contribution >= 0.6 is 0 Å². The Morgan fingerprint density at radius 2 is 2.22 bits per heavy atom. The van der Waals surface area contributed by atoms with E-state index in [2.05, 4.69) is 5.32 Å². The van der Waals surface area contributed by atoms with Crippen LogP contribution in [0.2, 0.25) is 0 Å². The standard InChI is InChI=1S/C14H22N2O2/c1-10(2)16(9-13-7-4-11(3)18-13)14(17)8-15-12-5-6-12/h4,7,10,12,15H,5-6,8-9H2,1-3H3. The van der Waals surface area contributed by atoms with Gasteiger partial charge < -0.3 is 14.6 Å². The van der Waals surface area contributed by atoms with Crippen molar-refractivity contribution in [1.29, 1.82) is 0 Å². The van der Waals surface area contributed by atoms with Gasteiger partial charge in [0.2, 0.25) is 5.91 Å². The van der Waals surface area contributed by atoms with E-state index in [1.54, 1.807) is 0 Å². The number of hydrogen-bond donors (Lipinski definition) is 1. The summed E-state index contributed by atoms with van der Waals surface area (Å²) in [6.45, 7) is 6.97. The maximum Gasteiger partial charge on any atom is 0.237 e. The van der Waals surface area contributed by atoms with Crippen molar-refractivity contribution in [3.63, 3.8) is 0 Å². The van der Waals surface area contributed by atoms with Crippen molar-refractivity contribution in [2.24, 2.45) is 0 Å². The van der Waals surface area contributed by atoms with Gasteiger partial charge in [-0.2, -0.15) is 0 Å². The first-order chi connectivity index (χ1) is 8.56. The van der Waals surface area contributed by atoms with Crippen LogP contribution in [0.5, 0.6) is 0 Å². The van der Waals surface area contributed by atoms with Crippen molar-refractivity contribution in [3.05, 3.63) is 23.7 Å². The summed E-state index contributed by atoms with van der Waals surface area (Å²) in [7, 11) is 0. The number of hydrogen-bond acceptors (Lipinski definition) is 3. The van der Waals surface area contributed by atoms with Crippen LogP contribution < -0.4 is 5.32 Å². The Balaban J connectivity index is 1.91. The molecule has 4 nitrogen and oxygen atoms in total. The van der Waals surface area contributed by atoms with Crippen LogP contribution in [0.4, 0.5) is 0 Å². The van der Waals surface area contributed by atoms with Crippen molar-refractivity contribution in [2.45, 2.75) is 52.2 Å². The molecule has 1 heterocycles. The molecule has 4 heteroatoms. The normalized spacial score (nSPS) is 15.1. The van der Waals surface area contributed by atoms with Gasteiger partial charge in [-0.1, -0.05) is 0 Å². The molecule has 1 saturated carbocycles. The van der Waals surface area contributed by atoms with Crippen molar-refractivity contribution in [3.8, 4) is 0 Å². The molecule has 0 atom stereocenters. The highest BCUT2D eigenvalue weighted by atomic mass is 16.3. The van der Waals surface area contributed by atoms with Gasteiger partial charge in [0, 0.05) is 12.1 Å². The molecule has 0 radical (unpaired) electrons. The molecule has 0 saturated heterocycles. The van der Waals surface area contributed by atoms with Gasteiger partial charge in [-0.15, -0.1) is 0 Å². The lowest BCUT2D eigenvalue weighted by Crippen LogP contribution is -2.42. The monoisotopic (exact) mass is 250 g/mol. The largest absolute Gasteiger partial charge is 0.464 e. The summed E-state index contributed by atoms with van der Waals surface area (Å²) in [5, 5.41) is 3.26. The molecule has 1 aliphatic carbocycles. The molecule has 1 aromatic heterocycles. The molecule has 0 aliphatic heterocycles. The Morgan fingerprint density at radius 1 is 1.50 bits per heavy atom. The summed E-state index contributed by atoms with van der Waals surface area (Å²) in [5.74, 6) is 1.88. The van der Waals surface area contributed by atoms with Crippen molar-refractivity contribution in [1.82, 2.24) is 10.2 Å². The second-order valence-electron chi connectivity index (χ2n) is 5.28. The first-order valence-electron chi connectivity index (χ1n) is 6.64. The fourth-order valence-corrected chi connectivity index (χ4v) is 1.92. The molecule has 100 valence electrons. The first kappa shape index (κ1) is 13.1. The second kappa shape index (κ2) is 5.57. The lowest BCUT2D eigenvalue weighted by molar-refractivity contribution is -0.132. The summed E-state index contributed by atoms with van der Waals surface area (Å²) >= 11 is 0. The number of furan rings is 1. The van der Waals surface area contributed by atoms with Gasteiger partial charge in [0.1, 0.15) is 11.5 Å². The van der Waals surface area contributed by atoms with Crippen molar-refractivity contribution < 1.29 is 9.21 Å². The summed E-state index contributed by atoms with van der Waals surface area (Å²) in [5.41, 5.74) is 0. The molecule has 0 unspecified atom stereocenters. The van der Waals surface area contributed by atoms with Gasteiger partial charge in [-0.3, -0.25) is 4.79 Å². The molecular weight excluding hydrogens is 228 g/mol. The third-order valence-electron chi connectivity index (χ3n) is 3.19. The van der Waals surface area contributed by atoms with E-state index in [0.717, 1.165) is 11.5 Å². The van der Waals surface area contributed by atoms with E-state index in [1.807, 2.05) is 37.8 Å². The van der Waals surface area contributed by atoms with Gasteiger partial charge in [-0.25, -0.2) is 0 Å². The van der Waals surface area contributed by atoms with E-state index in [-0.39, 0.29) is 11.9 Å². The van der Waals surface area contributed by atoms with Gasteiger partial charge >= 0.3 is 0 Å². The van der Waals surface area contributed by atoms with Crippen LogP contribution in [0.1, 0.15) is 38.2 Å². The number of nitrogens with zero attached hydrogens (tertiary/aromatic N) is 1. The van der Waals surface area contributed by atoms with Crippen LogP contribution in [0.25, 0.3) is 0 Å². The topological polar surface area (TPSA) is 45.5 Å². The second-order valence-corrected chi connectivity index (χ2v) is 5.28. The highest BCUT2D eigenvalue weighted by Crippen LogP contribution is 2.18. The lowest BCUT2D eigenvalue weighted by Gasteiger charge is -2.26. The van der Waals surface area contributed by atoms with Crippen molar-refractivity contribution in [2.75, 3.05) is 6.54 Å². The zero-order valence-electron chi connectivity index (χ0n) is 11.4. The fourth-order valence-electron chi connectivity index (χ4n) is 1.92. The van der Waals surface area contributed by atoms with E-state index in [4.69, 9.17) is 4.42 Å². The van der Waals surface area contributed by atoms with Gasteiger partial charge in [0.15, 0.2) is 0 Å². The summed E-state index contributed by atoms with van der Waals surface area (Å²) in [6, 6.07) is 4.62. The number of rotatable bonds is 6. The molecule has 0 bridgehead atoms. The maximum absolute atomic E-state index is 12.1. The summed E-state index contributed by atoms with van der Waals surface area (Å²) in [4.78, 5) is 14.0. The predicted molar refractivity (Wildman–Crippen MR) is 70.2 cm³/mol. The van der Waals surface area contributed by atoms with Gasteiger partial charge in [0.05, 0.1) is 13.1 Å². The average Bonchev–Trinajstić information content (AvgIpc) is 3.05. The van der Waals surface area contributed by atoms with Crippen LogP contribution in [-0.4, -0.2) is 29.4 Å². The van der Waals surface area contributed by atoms with Crippen molar-refractivity contribution >= 4 is 5.91 Å². The smallest absolute Gasteiger partial charge is 0.237 e. The Kier molecular flexibility index (Phi) is 4.07. The predicted octanol–water partition coefficient (Wildman–Crippen LogP) is 2.08. The Hall–Kier alpha value is -1.29. The molecule has 1 aromatic rings. The van der Waals surface area contributed by atoms with E-state index in [0.29, 0.717) is 19.1 Å². The number of carbonyl (C=O) groups excluding carboxylic acids is 1. The molecule has 18 heavy (non-hydrogen) atoms. The SMILES string of the molecule is Cc1ccc(CN(C(=O)CNC2CC2)C(C)C)o1. The van der Waals surface area contributed by atoms with E-state index < -0.39 is 0 Å². The lowest BCUT2D eigenvalue weighted by atomic mass is 10.2. The van der Waals surface area contributed by atoms with E-state index in [1.165, 1.54) is 12.8 Å². The minimum atomic E-state index is 0.144. The van der Waals surface area contributed by atoms with E-state index in [9.17, 15) is 4.79 Å². The third-order valence-corrected chi connectivity index (χ3v) is 3.19. The molecule has 1 aliphatic rings. The highest BCUT2D eigenvalue weighted by molar-refractivity contribution is 5.78. The zero-order chi connectivity index (χ0) is 13.1. The average molecular weight is 250 g/mol. The first-order valence-corrected chi connectivity index (χ1v) is 6.64. The maximum atomic E-state index is 12.1. The summed E-state index contributed by atoms with van der Waals surface area (Å²) in [6.07, 6.45) is 2.40. The Labute approximate surface area is 108 Å². The van der Waals surface area contributed by atoms with Crippen LogP contribution in [0.3, 0.4) is 0 Å². The van der Waals surface area contributed by atoms with Crippen LogP contribution in [0, 0.1) is 6.92 Å². The number of amides is 1. The molecular formula is C14H22N2O2. The number of carbonyl (C=O) groups is 1. The van der Waals surface area contributed by atoms with E-state index >= 15 is 0 Å². The summed E-state index contributed by atoms with van der Waals surface area (Å²) < 4.78 is 5.54. The third kappa shape index (κ3) is 3.60. The molecule has 0 spiro atoms. The van der Waals surface area contributed by atoms with Gasteiger partial charge in [0.25, 0.3) is 0 Å². The zero-order valence-corrected chi connectivity index (χ0v) is 11.4. The molecule has 1 amide bonds. The Bertz CT molecular complexity index is 408. The Morgan fingerprint density at radius 3 is 2.72 bits per heavy atom. The quantitative estimate of drug-likeness (QED) is 0.840. The highest BCUT2D eigenvalue weighted by Gasteiger charge is 2.24. The number of nitrogens with one attached hydrogen (secondary N) is 1. The minimum absolute atomic E-state index is 0.144. The molecule has 1 fully saturated rings. The van der Waals surface area contributed by atoms with Crippen LogP contribution in [-0.2, 0) is 11.3 Å². The molecule has 0 aromatic carbocycles. The molecule has 1 N–H and O–H groups in total. The fraction of sp³-hybridized carbons (Fsp3) is 0.643. The molecule has 2 rings (SSSR count). The minimum Gasteiger partial charge on any atom is -0.464 e. The number of aryl methyl sites for hydroxylation is 1. The van der Waals surface area contributed by atoms with Gasteiger partial charge in [-0.05, 0) is 45.7 Å².